The lowest BCUT2D eigenvalue weighted by atomic mass is 9.94. The largest absolute Gasteiger partial charge is 0.343 e. The second-order valence-electron chi connectivity index (χ2n) is 7.62. The second kappa shape index (κ2) is 7.58. The summed E-state index contributed by atoms with van der Waals surface area (Å²) in [4.78, 5) is 19.3. The number of likely N-dealkylation sites (tertiary alicyclic amines) is 1. The summed E-state index contributed by atoms with van der Waals surface area (Å²) in [5.74, 6) is 2.68. The third-order valence-electron chi connectivity index (χ3n) is 5.92. The van der Waals surface area contributed by atoms with Crippen LogP contribution in [-0.4, -0.2) is 45.1 Å². The van der Waals surface area contributed by atoms with Gasteiger partial charge in [-0.2, -0.15) is 5.10 Å². The van der Waals surface area contributed by atoms with Crippen LogP contribution in [0.15, 0.2) is 30.3 Å². The molecule has 4 rings (SSSR count). The number of benzene rings is 1. The lowest BCUT2D eigenvalue weighted by molar-refractivity contribution is -0.133. The van der Waals surface area contributed by atoms with Crippen molar-refractivity contribution in [2.24, 2.45) is 11.7 Å². The number of H-pyrrole nitrogens is 1. The highest BCUT2D eigenvalue weighted by Crippen LogP contribution is 2.30. The molecule has 1 saturated carbocycles. The first-order chi connectivity index (χ1) is 12.7. The number of aromatic nitrogens is 3. The lowest BCUT2D eigenvalue weighted by Crippen LogP contribution is -2.40. The average molecular weight is 353 g/mol. The fraction of sp³-hybridized carbons (Fsp3) is 0.550. The van der Waals surface area contributed by atoms with Gasteiger partial charge in [0.15, 0.2) is 5.82 Å². The van der Waals surface area contributed by atoms with Crippen molar-refractivity contribution in [3.63, 3.8) is 0 Å². The van der Waals surface area contributed by atoms with E-state index < -0.39 is 0 Å². The van der Waals surface area contributed by atoms with Gasteiger partial charge >= 0.3 is 0 Å². The monoisotopic (exact) mass is 353 g/mol. The molecular weight excluding hydrogens is 326 g/mol. The number of nitrogens with zero attached hydrogens (tertiary/aromatic N) is 3. The van der Waals surface area contributed by atoms with Gasteiger partial charge in [-0.15, -0.1) is 0 Å². The van der Waals surface area contributed by atoms with Gasteiger partial charge in [0.1, 0.15) is 5.82 Å². The summed E-state index contributed by atoms with van der Waals surface area (Å²) in [7, 11) is 0. The summed E-state index contributed by atoms with van der Waals surface area (Å²) >= 11 is 0. The predicted octanol–water partition coefficient (Wildman–Crippen LogP) is 2.70. The van der Waals surface area contributed by atoms with Crippen molar-refractivity contribution in [2.45, 2.75) is 50.5 Å². The highest BCUT2D eigenvalue weighted by molar-refractivity contribution is 5.76. The van der Waals surface area contributed by atoms with Crippen molar-refractivity contribution in [3.8, 4) is 11.4 Å². The molecule has 1 aromatic carbocycles. The number of hydrogen-bond donors (Lipinski definition) is 2. The number of nitrogens with one attached hydrogen (secondary N) is 1. The van der Waals surface area contributed by atoms with E-state index in [1.54, 1.807) is 0 Å². The van der Waals surface area contributed by atoms with E-state index >= 15 is 0 Å². The maximum absolute atomic E-state index is 12.6. The summed E-state index contributed by atoms with van der Waals surface area (Å²) in [5.41, 5.74) is 7.14. The van der Waals surface area contributed by atoms with Crippen LogP contribution in [0.25, 0.3) is 11.4 Å². The van der Waals surface area contributed by atoms with Gasteiger partial charge in [-0.25, -0.2) is 4.98 Å². The van der Waals surface area contributed by atoms with Gasteiger partial charge in [-0.3, -0.25) is 9.89 Å². The minimum absolute atomic E-state index is 0.210. The number of hydrogen-bond acceptors (Lipinski definition) is 4. The van der Waals surface area contributed by atoms with Crippen molar-refractivity contribution in [3.05, 3.63) is 36.2 Å². The molecule has 2 fully saturated rings. The molecule has 2 heterocycles. The van der Waals surface area contributed by atoms with Crippen molar-refractivity contribution in [2.75, 3.05) is 13.1 Å². The Morgan fingerprint density at radius 1 is 1.15 bits per heavy atom. The number of amides is 1. The van der Waals surface area contributed by atoms with E-state index in [0.717, 1.165) is 62.4 Å². The van der Waals surface area contributed by atoms with Crippen LogP contribution in [0, 0.1) is 5.92 Å². The van der Waals surface area contributed by atoms with Crippen LogP contribution in [0.1, 0.15) is 50.3 Å². The van der Waals surface area contributed by atoms with Crippen LogP contribution < -0.4 is 5.73 Å². The average Bonchev–Trinajstić information content (AvgIpc) is 3.32. The van der Waals surface area contributed by atoms with Gasteiger partial charge in [0.2, 0.25) is 5.91 Å². The normalized spacial score (nSPS) is 24.1. The van der Waals surface area contributed by atoms with Crippen LogP contribution in [0.2, 0.25) is 0 Å². The summed E-state index contributed by atoms with van der Waals surface area (Å²) in [6.45, 7) is 1.60. The molecule has 3 N–H and O–H groups in total. The highest BCUT2D eigenvalue weighted by Gasteiger charge is 2.30. The van der Waals surface area contributed by atoms with Gasteiger partial charge in [0.25, 0.3) is 0 Å². The minimum atomic E-state index is 0.210. The Labute approximate surface area is 154 Å². The number of piperidine rings is 1. The topological polar surface area (TPSA) is 87.9 Å². The van der Waals surface area contributed by atoms with Gasteiger partial charge in [-0.05, 0) is 31.6 Å². The quantitative estimate of drug-likeness (QED) is 0.884. The number of carbonyl (C=O) groups excluding carboxylic acids is 1. The van der Waals surface area contributed by atoms with Crippen LogP contribution >= 0.6 is 0 Å². The molecule has 26 heavy (non-hydrogen) atoms. The van der Waals surface area contributed by atoms with Crippen molar-refractivity contribution < 1.29 is 4.79 Å². The second-order valence-corrected chi connectivity index (χ2v) is 7.62. The van der Waals surface area contributed by atoms with E-state index in [1.165, 1.54) is 0 Å². The summed E-state index contributed by atoms with van der Waals surface area (Å²) in [5, 5.41) is 7.46. The van der Waals surface area contributed by atoms with E-state index in [1.807, 2.05) is 35.2 Å². The van der Waals surface area contributed by atoms with E-state index in [4.69, 9.17) is 5.73 Å². The number of nitrogens with two attached hydrogens (primary N) is 1. The van der Waals surface area contributed by atoms with Gasteiger partial charge in [0, 0.05) is 37.0 Å². The third-order valence-corrected chi connectivity index (χ3v) is 5.92. The molecule has 1 amide bonds. The molecule has 0 unspecified atom stereocenters. The Bertz CT molecular complexity index is 736. The molecule has 1 saturated heterocycles. The van der Waals surface area contributed by atoms with Crippen molar-refractivity contribution in [1.29, 1.82) is 0 Å². The Hall–Kier alpha value is -2.21. The molecule has 2 aromatic rings. The zero-order chi connectivity index (χ0) is 17.9. The fourth-order valence-corrected chi connectivity index (χ4v) is 4.25. The molecule has 0 radical (unpaired) electrons. The van der Waals surface area contributed by atoms with Gasteiger partial charge in [-0.1, -0.05) is 36.8 Å². The SMILES string of the molecule is N[C@@H]1CCC[C@H]1CC(=O)N1CCC(c2nc(-c3ccccc3)n[nH]2)CC1. The fourth-order valence-electron chi connectivity index (χ4n) is 4.25. The molecule has 1 aromatic heterocycles. The van der Waals surface area contributed by atoms with Crippen LogP contribution in [0.3, 0.4) is 0 Å². The van der Waals surface area contributed by atoms with Crippen LogP contribution in [-0.2, 0) is 4.79 Å². The number of rotatable bonds is 4. The first-order valence-electron chi connectivity index (χ1n) is 9.72. The maximum atomic E-state index is 12.6. The van der Waals surface area contributed by atoms with Crippen LogP contribution in [0.4, 0.5) is 0 Å². The highest BCUT2D eigenvalue weighted by atomic mass is 16.2. The summed E-state index contributed by atoms with van der Waals surface area (Å²) in [6, 6.07) is 10.2. The molecule has 2 atom stereocenters. The zero-order valence-corrected chi connectivity index (χ0v) is 15.1. The Kier molecular flexibility index (Phi) is 5.02. The van der Waals surface area contributed by atoms with Gasteiger partial charge in [0.05, 0.1) is 0 Å². The van der Waals surface area contributed by atoms with E-state index in [9.17, 15) is 4.79 Å². The first-order valence-corrected chi connectivity index (χ1v) is 9.72. The summed E-state index contributed by atoms with van der Waals surface area (Å²) < 4.78 is 0. The molecule has 6 nitrogen and oxygen atoms in total. The van der Waals surface area contributed by atoms with E-state index in [0.29, 0.717) is 18.3 Å². The minimum Gasteiger partial charge on any atom is -0.343 e. The number of carbonyl (C=O) groups is 1. The third kappa shape index (κ3) is 3.65. The van der Waals surface area contributed by atoms with Crippen molar-refractivity contribution >= 4 is 5.91 Å². The first kappa shape index (κ1) is 17.2. The molecule has 2 aliphatic rings. The zero-order valence-electron chi connectivity index (χ0n) is 15.1. The molecule has 1 aliphatic carbocycles. The molecular formula is C20H27N5O. The molecule has 138 valence electrons. The Balaban J connectivity index is 1.32. The van der Waals surface area contributed by atoms with Crippen LogP contribution in [0.5, 0.6) is 0 Å². The Morgan fingerprint density at radius 3 is 2.62 bits per heavy atom. The molecule has 0 bridgehead atoms. The summed E-state index contributed by atoms with van der Waals surface area (Å²) in [6.07, 6.45) is 5.82. The van der Waals surface area contributed by atoms with E-state index in [2.05, 4.69) is 15.2 Å². The maximum Gasteiger partial charge on any atom is 0.222 e. The predicted molar refractivity (Wildman–Crippen MR) is 100 cm³/mol. The molecule has 0 spiro atoms. The standard InChI is InChI=1S/C20H27N5O/c21-17-8-4-7-16(17)13-18(26)25-11-9-15(10-12-25)20-22-19(23-24-20)14-5-2-1-3-6-14/h1-3,5-6,15-17H,4,7-13,21H2,(H,22,23,24)/t16-,17+/m0/s1. The lowest BCUT2D eigenvalue weighted by Gasteiger charge is -2.32. The molecule has 1 aliphatic heterocycles. The van der Waals surface area contributed by atoms with Gasteiger partial charge < -0.3 is 10.6 Å². The van der Waals surface area contributed by atoms with Crippen molar-refractivity contribution in [1.82, 2.24) is 20.1 Å². The smallest absolute Gasteiger partial charge is 0.222 e. The number of aromatic amines is 1. The molecule has 6 heteroatoms. The Morgan fingerprint density at radius 2 is 1.92 bits per heavy atom. The van der Waals surface area contributed by atoms with E-state index in [-0.39, 0.29) is 11.9 Å².